The fourth-order valence-corrected chi connectivity index (χ4v) is 4.08. The van der Waals surface area contributed by atoms with Crippen LogP contribution in [0.15, 0.2) is 41.4 Å². The van der Waals surface area contributed by atoms with Crippen molar-refractivity contribution < 1.29 is 18.3 Å². The van der Waals surface area contributed by atoms with E-state index < -0.39 is 15.7 Å². The van der Waals surface area contributed by atoms with Gasteiger partial charge in [-0.05, 0) is 43.2 Å². The van der Waals surface area contributed by atoms with Gasteiger partial charge < -0.3 is 15.3 Å². The average Bonchev–Trinajstić information content (AvgIpc) is 2.99. The molecule has 1 aliphatic rings. The van der Waals surface area contributed by atoms with Crippen molar-refractivity contribution in [2.45, 2.75) is 37.5 Å². The normalized spacial score (nSPS) is 15.1. The lowest BCUT2D eigenvalue weighted by Crippen LogP contribution is -2.25. The molecule has 1 amide bonds. The molecule has 7 nitrogen and oxygen atoms in total. The van der Waals surface area contributed by atoms with E-state index in [1.165, 1.54) is 44.2 Å². The Kier molecular flexibility index (Phi) is 6.18. The van der Waals surface area contributed by atoms with Gasteiger partial charge in [0.1, 0.15) is 11.6 Å². The van der Waals surface area contributed by atoms with Crippen LogP contribution in [0.4, 0.5) is 11.5 Å². The van der Waals surface area contributed by atoms with Crippen molar-refractivity contribution in [3.05, 3.63) is 42.1 Å². The van der Waals surface area contributed by atoms with Gasteiger partial charge >= 0.3 is 0 Å². The number of phenols is 1. The summed E-state index contributed by atoms with van der Waals surface area (Å²) in [6.45, 7) is 3.47. The number of sulfone groups is 1. The van der Waals surface area contributed by atoms with Crippen molar-refractivity contribution in [1.29, 1.82) is 0 Å². The first-order valence-electron chi connectivity index (χ1n) is 9.49. The number of nitrogens with one attached hydrogen (secondary N) is 1. The average molecular weight is 404 g/mol. The molecule has 28 heavy (non-hydrogen) atoms. The van der Waals surface area contributed by atoms with Crippen LogP contribution in [0, 0.1) is 0 Å². The van der Waals surface area contributed by atoms with Crippen LogP contribution in [0.2, 0.25) is 0 Å². The molecule has 1 saturated heterocycles. The van der Waals surface area contributed by atoms with Gasteiger partial charge in [-0.25, -0.2) is 13.4 Å². The highest BCUT2D eigenvalue weighted by Gasteiger charge is 2.17. The number of hydrogen-bond donors (Lipinski definition) is 2. The number of phenolic OH excluding ortho intramolecular Hbond substituents is 1. The summed E-state index contributed by atoms with van der Waals surface area (Å²) in [5, 5.41) is 12.5. The highest BCUT2D eigenvalue weighted by Crippen LogP contribution is 2.27. The molecule has 2 heterocycles. The molecule has 1 aliphatic heterocycles. The number of anilines is 2. The molecule has 8 heteroatoms. The third kappa shape index (κ3) is 4.62. The number of benzene rings is 1. The Morgan fingerprint density at radius 2 is 1.86 bits per heavy atom. The number of aromatic nitrogens is 1. The van der Waals surface area contributed by atoms with Crippen LogP contribution in [0.3, 0.4) is 0 Å². The Morgan fingerprint density at radius 3 is 2.46 bits per heavy atom. The number of carbonyl (C=O) groups excluding carboxylic acids is 1. The SMILES string of the molecule is CCS(=O)(=O)c1ccc(O)c(NC(=O)c2ccc(N3CCCCCC3)nc2)c1. The number of nitrogens with zero attached hydrogens (tertiary/aromatic N) is 2. The Balaban J connectivity index is 1.75. The van der Waals surface area contributed by atoms with Gasteiger partial charge in [-0.2, -0.15) is 0 Å². The van der Waals surface area contributed by atoms with Crippen LogP contribution in [-0.2, 0) is 9.84 Å². The zero-order chi connectivity index (χ0) is 20.1. The number of rotatable bonds is 5. The smallest absolute Gasteiger partial charge is 0.257 e. The summed E-state index contributed by atoms with van der Waals surface area (Å²) in [5.74, 6) is 0.124. The van der Waals surface area contributed by atoms with Crippen molar-refractivity contribution in [3.63, 3.8) is 0 Å². The van der Waals surface area contributed by atoms with E-state index in [-0.39, 0.29) is 22.1 Å². The fourth-order valence-electron chi connectivity index (χ4n) is 3.18. The first-order valence-corrected chi connectivity index (χ1v) is 11.1. The quantitative estimate of drug-likeness (QED) is 0.744. The summed E-state index contributed by atoms with van der Waals surface area (Å²) in [6, 6.07) is 7.36. The zero-order valence-electron chi connectivity index (χ0n) is 15.9. The first kappa shape index (κ1) is 20.1. The number of pyridine rings is 1. The minimum atomic E-state index is -3.44. The standard InChI is InChI=1S/C20H25N3O4S/c1-2-28(26,27)16-8-9-18(24)17(13-16)22-20(25)15-7-10-19(21-14-15)23-11-5-3-4-6-12-23/h7-10,13-14,24H,2-6,11-12H2,1H3,(H,22,25). The molecule has 2 aromatic rings. The van der Waals surface area contributed by atoms with E-state index in [4.69, 9.17) is 0 Å². The third-order valence-corrected chi connectivity index (χ3v) is 6.63. The lowest BCUT2D eigenvalue weighted by atomic mass is 10.2. The largest absolute Gasteiger partial charge is 0.506 e. The van der Waals surface area contributed by atoms with Crippen LogP contribution < -0.4 is 10.2 Å². The van der Waals surface area contributed by atoms with Crippen LogP contribution in [0.1, 0.15) is 43.0 Å². The number of amides is 1. The summed E-state index contributed by atoms with van der Waals surface area (Å²) < 4.78 is 24.0. The molecule has 1 aromatic heterocycles. The minimum Gasteiger partial charge on any atom is -0.506 e. The first-order chi connectivity index (χ1) is 13.4. The summed E-state index contributed by atoms with van der Waals surface area (Å²) >= 11 is 0. The predicted octanol–water partition coefficient (Wildman–Crippen LogP) is 3.21. The molecule has 0 unspecified atom stereocenters. The van der Waals surface area contributed by atoms with Crippen molar-refractivity contribution in [3.8, 4) is 5.75 Å². The van der Waals surface area contributed by atoms with Gasteiger partial charge in [0.15, 0.2) is 9.84 Å². The van der Waals surface area contributed by atoms with E-state index in [1.54, 1.807) is 6.07 Å². The van der Waals surface area contributed by atoms with Crippen molar-refractivity contribution in [2.24, 2.45) is 0 Å². The number of aromatic hydroxyl groups is 1. The Morgan fingerprint density at radius 1 is 1.14 bits per heavy atom. The highest BCUT2D eigenvalue weighted by molar-refractivity contribution is 7.91. The van der Waals surface area contributed by atoms with Gasteiger partial charge in [0, 0.05) is 19.3 Å². The van der Waals surface area contributed by atoms with E-state index in [9.17, 15) is 18.3 Å². The lowest BCUT2D eigenvalue weighted by molar-refractivity contribution is 0.102. The minimum absolute atomic E-state index is 0.0520. The fraction of sp³-hybridized carbons (Fsp3) is 0.400. The van der Waals surface area contributed by atoms with Gasteiger partial charge in [-0.3, -0.25) is 4.79 Å². The van der Waals surface area contributed by atoms with E-state index in [0.717, 1.165) is 31.7 Å². The molecule has 150 valence electrons. The Bertz CT molecular complexity index is 934. The molecule has 1 fully saturated rings. The van der Waals surface area contributed by atoms with Crippen LogP contribution in [-0.4, -0.2) is 43.3 Å². The predicted molar refractivity (Wildman–Crippen MR) is 109 cm³/mol. The van der Waals surface area contributed by atoms with E-state index in [1.807, 2.05) is 6.07 Å². The van der Waals surface area contributed by atoms with Crippen LogP contribution in [0.5, 0.6) is 5.75 Å². The molecule has 3 rings (SSSR count). The Labute approximate surface area is 165 Å². The van der Waals surface area contributed by atoms with Crippen molar-refractivity contribution in [2.75, 3.05) is 29.1 Å². The zero-order valence-corrected chi connectivity index (χ0v) is 16.7. The monoisotopic (exact) mass is 403 g/mol. The second-order valence-electron chi connectivity index (χ2n) is 6.84. The molecular weight excluding hydrogens is 378 g/mol. The summed E-state index contributed by atoms with van der Waals surface area (Å²) in [5.41, 5.74) is 0.387. The molecule has 2 N–H and O–H groups in total. The van der Waals surface area contributed by atoms with Gasteiger partial charge in [0.25, 0.3) is 5.91 Å². The van der Waals surface area contributed by atoms with Gasteiger partial charge in [0.05, 0.1) is 21.9 Å². The number of carbonyl (C=O) groups is 1. The molecule has 0 aliphatic carbocycles. The Hall–Kier alpha value is -2.61. The van der Waals surface area contributed by atoms with Crippen LogP contribution in [0.25, 0.3) is 0 Å². The summed E-state index contributed by atoms with van der Waals surface area (Å²) in [6.07, 6.45) is 6.24. The van der Waals surface area contributed by atoms with Crippen molar-refractivity contribution in [1.82, 2.24) is 4.98 Å². The second-order valence-corrected chi connectivity index (χ2v) is 9.12. The molecule has 0 radical (unpaired) electrons. The number of hydrogen-bond acceptors (Lipinski definition) is 6. The van der Waals surface area contributed by atoms with Gasteiger partial charge in [-0.15, -0.1) is 0 Å². The molecule has 0 atom stereocenters. The molecule has 1 aromatic carbocycles. The highest BCUT2D eigenvalue weighted by atomic mass is 32.2. The second kappa shape index (κ2) is 8.60. The van der Waals surface area contributed by atoms with E-state index in [0.29, 0.717) is 5.56 Å². The molecule has 0 saturated carbocycles. The van der Waals surface area contributed by atoms with Gasteiger partial charge in [0.2, 0.25) is 0 Å². The third-order valence-electron chi connectivity index (χ3n) is 4.90. The van der Waals surface area contributed by atoms with E-state index >= 15 is 0 Å². The van der Waals surface area contributed by atoms with Crippen LogP contribution >= 0.6 is 0 Å². The topological polar surface area (TPSA) is 99.6 Å². The summed E-state index contributed by atoms with van der Waals surface area (Å²) in [4.78, 5) is 19.2. The summed E-state index contributed by atoms with van der Waals surface area (Å²) in [7, 11) is -3.44. The maximum atomic E-state index is 12.5. The molecule has 0 spiro atoms. The van der Waals surface area contributed by atoms with E-state index in [2.05, 4.69) is 15.2 Å². The lowest BCUT2D eigenvalue weighted by Gasteiger charge is -2.21. The molecular formula is C20H25N3O4S. The van der Waals surface area contributed by atoms with Gasteiger partial charge in [-0.1, -0.05) is 19.8 Å². The maximum Gasteiger partial charge on any atom is 0.257 e. The van der Waals surface area contributed by atoms with Crippen molar-refractivity contribution >= 4 is 27.2 Å². The maximum absolute atomic E-state index is 12.5. The molecule has 0 bridgehead atoms.